The van der Waals surface area contributed by atoms with E-state index in [0.717, 1.165) is 24.5 Å². The molecule has 7 rings (SSSR count). The third-order valence-corrected chi connectivity index (χ3v) is 15.9. The number of aryl methyl sites for hydroxylation is 1. The number of nitrogens with one attached hydrogen (secondary N) is 1. The van der Waals surface area contributed by atoms with Gasteiger partial charge in [0.05, 0.1) is 59.8 Å². The second kappa shape index (κ2) is 18.0. The van der Waals surface area contributed by atoms with Crippen LogP contribution in [0.15, 0.2) is 42.5 Å². The van der Waals surface area contributed by atoms with Crippen LogP contribution in [0.1, 0.15) is 72.6 Å². The van der Waals surface area contributed by atoms with Gasteiger partial charge < -0.3 is 9.80 Å². The zero-order valence-electron chi connectivity index (χ0n) is 38.8. The predicted octanol–water partition coefficient (Wildman–Crippen LogP) is 7.87. The number of likely N-dealkylation sites (N-methyl/N-ethyl adjacent to an activating group) is 1. The average molecular weight is 1070 g/mol. The number of anilines is 1. The Bertz CT molecular complexity index is 3190. The van der Waals surface area contributed by atoms with Crippen LogP contribution in [0.3, 0.4) is 0 Å². The quantitative estimate of drug-likeness (QED) is 0.0765. The van der Waals surface area contributed by atoms with Crippen LogP contribution in [0, 0.1) is 17.6 Å². The van der Waals surface area contributed by atoms with Crippen LogP contribution in [0.2, 0.25) is 5.02 Å². The molecule has 3 atom stereocenters. The van der Waals surface area contributed by atoms with Crippen molar-refractivity contribution in [2.45, 2.75) is 87.6 Å². The van der Waals surface area contributed by atoms with E-state index in [2.05, 4.69) is 15.5 Å². The molecule has 0 bridgehead atoms. The van der Waals surface area contributed by atoms with Crippen LogP contribution in [0.25, 0.3) is 22.0 Å². The molecular formula is C44H46ClF10N8O6S2+. The maximum atomic E-state index is 15.6. The van der Waals surface area contributed by atoms with E-state index < -0.39 is 149 Å². The minimum atomic E-state index is -5.20. The number of rotatable bonds is 16. The fourth-order valence-electron chi connectivity index (χ4n) is 8.75. The Morgan fingerprint density at radius 1 is 0.930 bits per heavy atom. The molecule has 0 radical (unpaired) electrons. The highest BCUT2D eigenvalue weighted by Crippen LogP contribution is 2.68. The molecule has 0 aliphatic heterocycles. The number of benzene rings is 2. The van der Waals surface area contributed by atoms with Gasteiger partial charge in [0.25, 0.3) is 11.8 Å². The van der Waals surface area contributed by atoms with Gasteiger partial charge in [0, 0.05) is 40.6 Å². The van der Waals surface area contributed by atoms with Crippen LogP contribution in [0.5, 0.6) is 0 Å². The van der Waals surface area contributed by atoms with Gasteiger partial charge in [0.1, 0.15) is 30.4 Å². The monoisotopic (exact) mass is 1070 g/mol. The summed E-state index contributed by atoms with van der Waals surface area (Å²) in [6, 6.07) is 5.44. The number of nitrogens with zero attached hydrogens (tertiary/aromatic N) is 7. The Labute approximate surface area is 405 Å². The van der Waals surface area contributed by atoms with E-state index in [1.165, 1.54) is 53.2 Å². The number of halogens is 11. The summed E-state index contributed by atoms with van der Waals surface area (Å²) in [5.74, 6) is -11.9. The van der Waals surface area contributed by atoms with Crippen molar-refractivity contribution in [3.05, 3.63) is 93.0 Å². The van der Waals surface area contributed by atoms with E-state index in [1.807, 2.05) is 0 Å². The molecule has 0 spiro atoms. The first kappa shape index (κ1) is 53.5. The third-order valence-electron chi connectivity index (χ3n) is 12.3. The first-order valence-electron chi connectivity index (χ1n) is 21.5. The molecule has 1 saturated carbocycles. The number of hydrogen-bond acceptors (Lipinski definition) is 9. The maximum Gasteiger partial charge on any atom is 0.435 e. The van der Waals surface area contributed by atoms with Gasteiger partial charge in [-0.05, 0) is 75.3 Å². The second-order valence-electron chi connectivity index (χ2n) is 19.5. The summed E-state index contributed by atoms with van der Waals surface area (Å²) in [7, 11) is -3.79. The smallest absolute Gasteiger partial charge is 0.346 e. The lowest BCUT2D eigenvalue weighted by molar-refractivity contribution is -0.862. The number of sulfone groups is 1. The molecule has 2 amide bonds. The molecule has 27 heteroatoms. The summed E-state index contributed by atoms with van der Waals surface area (Å²) >= 11 is 6.68. The number of quaternary nitrogens is 1. The molecule has 3 aromatic heterocycles. The van der Waals surface area contributed by atoms with Gasteiger partial charge in [0.2, 0.25) is 15.9 Å². The summed E-state index contributed by atoms with van der Waals surface area (Å²) in [5.41, 5.74) is -4.96. The second-order valence-corrected chi connectivity index (χ2v) is 24.4. The molecule has 2 aliphatic rings. The molecule has 2 aliphatic carbocycles. The van der Waals surface area contributed by atoms with Crippen LogP contribution in [0.4, 0.5) is 49.7 Å². The van der Waals surface area contributed by atoms with Crippen molar-refractivity contribution < 1.29 is 74.8 Å². The Morgan fingerprint density at radius 3 is 2.11 bits per heavy atom. The van der Waals surface area contributed by atoms with E-state index in [0.29, 0.717) is 17.0 Å². The van der Waals surface area contributed by atoms with Crippen LogP contribution in [-0.4, -0.2) is 109 Å². The molecule has 386 valence electrons. The number of amides is 2. The van der Waals surface area contributed by atoms with E-state index >= 15 is 8.78 Å². The Morgan fingerprint density at radius 2 is 1.55 bits per heavy atom. The normalized spacial score (nSPS) is 17.5. The molecule has 2 aromatic carbocycles. The maximum absolute atomic E-state index is 15.6. The molecule has 1 fully saturated rings. The first-order valence-corrected chi connectivity index (χ1v) is 25.6. The van der Waals surface area contributed by atoms with Crippen molar-refractivity contribution in [1.82, 2.24) is 29.9 Å². The van der Waals surface area contributed by atoms with Crippen LogP contribution < -0.4 is 9.62 Å². The standard InChI is InChI=1S/C44H45ClF10N8O6S2/c1-41(2,70(6,66)67)13-12-25-8-9-26(27-10-11-30(45)35-37(27)61(21-42(48,49)50)59-40(35)62(71(7,68)69)33(65)20-63(3,4)5)36(56-25)31(16-22-14-23(46)17-24(47)15-22)57-32(64)19-60-39-34(38(58-60)44(53,54)55)28-18-29(28)43(39,51)52/h8-11,14-15,17,28-29,31H,12-13,16,18-21H2,1-7H3/p+1/t28-,29+,31-/m0/s1. The minimum absolute atomic E-state index is 0.0765. The number of pyridine rings is 1. The zero-order valence-corrected chi connectivity index (χ0v) is 41.2. The van der Waals surface area contributed by atoms with Gasteiger partial charge in [-0.1, -0.05) is 23.7 Å². The minimum Gasteiger partial charge on any atom is -0.346 e. The number of aromatic nitrogens is 5. The number of alkyl halides is 8. The largest absolute Gasteiger partial charge is 0.435 e. The van der Waals surface area contributed by atoms with Gasteiger partial charge in [0.15, 0.2) is 27.9 Å². The van der Waals surface area contributed by atoms with Crippen molar-refractivity contribution in [3.63, 3.8) is 0 Å². The number of carbonyl (C=O) groups is 2. The van der Waals surface area contributed by atoms with Gasteiger partial charge >= 0.3 is 12.4 Å². The van der Waals surface area contributed by atoms with Crippen molar-refractivity contribution in [2.24, 2.45) is 5.92 Å². The Kier molecular flexibility index (Phi) is 13.6. The van der Waals surface area contributed by atoms with Gasteiger partial charge in [-0.25, -0.2) is 25.6 Å². The Balaban J connectivity index is 1.47. The molecule has 5 aromatic rings. The van der Waals surface area contributed by atoms with Gasteiger partial charge in [-0.15, -0.1) is 0 Å². The first-order chi connectivity index (χ1) is 32.4. The van der Waals surface area contributed by atoms with E-state index in [9.17, 15) is 61.5 Å². The molecular weight excluding hydrogens is 1030 g/mol. The summed E-state index contributed by atoms with van der Waals surface area (Å²) in [5, 5.41) is 9.02. The summed E-state index contributed by atoms with van der Waals surface area (Å²) < 4.78 is 199. The van der Waals surface area contributed by atoms with Gasteiger partial charge in [-0.3, -0.25) is 23.9 Å². The Hall–Kier alpha value is -5.34. The molecule has 0 saturated heterocycles. The number of fused-ring (bicyclic) bond motifs is 4. The molecule has 3 heterocycles. The topological polar surface area (TPSA) is 166 Å². The fourth-order valence-corrected chi connectivity index (χ4v) is 10.3. The van der Waals surface area contributed by atoms with Crippen molar-refractivity contribution in [1.29, 1.82) is 0 Å². The molecule has 71 heavy (non-hydrogen) atoms. The van der Waals surface area contributed by atoms with E-state index in [4.69, 9.17) is 16.6 Å². The van der Waals surface area contributed by atoms with E-state index in [1.54, 1.807) is 0 Å². The highest BCUT2D eigenvalue weighted by Gasteiger charge is 2.68. The van der Waals surface area contributed by atoms with E-state index in [-0.39, 0.29) is 60.8 Å². The predicted molar refractivity (Wildman–Crippen MR) is 239 cm³/mol. The molecule has 14 nitrogen and oxygen atoms in total. The number of hydrogen-bond donors (Lipinski definition) is 1. The van der Waals surface area contributed by atoms with Crippen molar-refractivity contribution in [2.75, 3.05) is 44.5 Å². The lowest BCUT2D eigenvalue weighted by Crippen LogP contribution is -2.48. The fraction of sp³-hybridized carbons (Fsp3) is 0.477. The highest BCUT2D eigenvalue weighted by molar-refractivity contribution is 7.93. The highest BCUT2D eigenvalue weighted by atomic mass is 35.5. The molecule has 0 unspecified atom stereocenters. The third kappa shape index (κ3) is 11.0. The van der Waals surface area contributed by atoms with Gasteiger partial charge in [-0.2, -0.15) is 49.6 Å². The van der Waals surface area contributed by atoms with Crippen LogP contribution >= 0.6 is 11.6 Å². The SMILES string of the molecule is CC(C)(CCc1ccc(-c2ccc(Cl)c3c(N(C(=O)C[N+](C)(C)C)S(C)(=O)=O)nn(CC(F)(F)F)c23)c([C@H](Cc2cc(F)cc(F)c2)NC(=O)Cn2nc(C(F)(F)F)c3c2C(F)(F)[C@@H]2C[C@H]32)n1)S(C)(=O)=O. The lowest BCUT2D eigenvalue weighted by atomic mass is 9.93. The van der Waals surface area contributed by atoms with Crippen molar-refractivity contribution in [3.8, 4) is 11.1 Å². The van der Waals surface area contributed by atoms with Crippen molar-refractivity contribution >= 4 is 60.0 Å². The van der Waals surface area contributed by atoms with Crippen LogP contribution in [-0.2, 0) is 67.5 Å². The average Bonchev–Trinajstić information content (AvgIpc) is 3.70. The lowest BCUT2D eigenvalue weighted by Gasteiger charge is -2.26. The molecule has 1 N–H and O–H groups in total. The summed E-state index contributed by atoms with van der Waals surface area (Å²) in [4.78, 5) is 32.7. The summed E-state index contributed by atoms with van der Waals surface area (Å²) in [6.45, 7) is -0.838. The number of carbonyl (C=O) groups excluding carboxylic acids is 2. The zero-order chi connectivity index (χ0) is 52.9. The summed E-state index contributed by atoms with van der Waals surface area (Å²) in [6.07, 6.45) is -9.79. The number of sulfonamides is 1.